The summed E-state index contributed by atoms with van der Waals surface area (Å²) >= 11 is 5.78. The molecule has 0 unspecified atom stereocenters. The number of nitrogens with zero attached hydrogens (tertiary/aromatic N) is 2. The molecular weight excluding hydrogens is 501 g/mol. The summed E-state index contributed by atoms with van der Waals surface area (Å²) in [7, 11) is 0. The Morgan fingerprint density at radius 2 is 2.04 bits per heavy atom. The van der Waals surface area contributed by atoms with Crippen LogP contribution in [0.2, 0.25) is 5.15 Å². The molecule has 0 amide bonds. The van der Waals surface area contributed by atoms with Gasteiger partial charge in [0.1, 0.15) is 17.5 Å². The summed E-state index contributed by atoms with van der Waals surface area (Å²) in [6, 6.07) is 10.7. The van der Waals surface area contributed by atoms with Crippen LogP contribution in [-0.4, -0.2) is 37.1 Å². The van der Waals surface area contributed by atoms with E-state index in [1.165, 1.54) is 0 Å². The van der Waals surface area contributed by atoms with Crippen LogP contribution < -0.4 is 15.4 Å². The first-order valence-electron chi connectivity index (χ1n) is 8.69. The van der Waals surface area contributed by atoms with Crippen LogP contribution in [0.3, 0.4) is 0 Å². The lowest BCUT2D eigenvalue weighted by atomic mass is 10.2. The second-order valence-corrected chi connectivity index (χ2v) is 6.10. The summed E-state index contributed by atoms with van der Waals surface area (Å²) in [4.78, 5) is 8.58. The molecular formula is C19H24ClF2IN4O. The molecule has 0 radical (unpaired) electrons. The number of rotatable bonds is 9. The van der Waals surface area contributed by atoms with Crippen LogP contribution in [0.5, 0.6) is 5.75 Å². The van der Waals surface area contributed by atoms with Crippen molar-refractivity contribution in [3.8, 4) is 5.75 Å². The number of guanidine groups is 1. The smallest absolute Gasteiger partial charge is 0.272 e. The maximum Gasteiger partial charge on any atom is 0.272 e. The van der Waals surface area contributed by atoms with Crippen molar-refractivity contribution in [1.82, 2.24) is 15.6 Å². The molecule has 0 atom stereocenters. The molecule has 0 saturated heterocycles. The Bertz CT molecular complexity index is 732. The fourth-order valence-corrected chi connectivity index (χ4v) is 2.40. The van der Waals surface area contributed by atoms with Gasteiger partial charge in [-0.05, 0) is 42.7 Å². The Hall–Kier alpha value is -1.68. The molecule has 1 heterocycles. The minimum atomic E-state index is -2.49. The predicted molar refractivity (Wildman–Crippen MR) is 119 cm³/mol. The molecule has 0 aliphatic heterocycles. The summed E-state index contributed by atoms with van der Waals surface area (Å²) in [6.07, 6.45) is 0.0388. The van der Waals surface area contributed by atoms with Gasteiger partial charge in [0.2, 0.25) is 0 Å². The van der Waals surface area contributed by atoms with Gasteiger partial charge in [0, 0.05) is 19.3 Å². The fourth-order valence-electron chi connectivity index (χ4n) is 2.28. The average molecular weight is 525 g/mol. The second kappa shape index (κ2) is 13.5. The second-order valence-electron chi connectivity index (χ2n) is 5.71. The minimum absolute atomic E-state index is 0. The van der Waals surface area contributed by atoms with Gasteiger partial charge in [-0.15, -0.1) is 24.0 Å². The molecule has 1 aromatic heterocycles. The van der Waals surface area contributed by atoms with E-state index >= 15 is 0 Å². The first kappa shape index (κ1) is 24.4. The largest absolute Gasteiger partial charge is 0.488 e. The summed E-state index contributed by atoms with van der Waals surface area (Å²) in [5.41, 5.74) is 1.95. The van der Waals surface area contributed by atoms with E-state index in [-0.39, 0.29) is 24.0 Å². The number of hydrogen-bond acceptors (Lipinski definition) is 3. The highest BCUT2D eigenvalue weighted by atomic mass is 127. The number of halogens is 4. The van der Waals surface area contributed by atoms with Gasteiger partial charge in [-0.3, -0.25) is 0 Å². The van der Waals surface area contributed by atoms with Gasteiger partial charge in [-0.1, -0.05) is 29.8 Å². The van der Waals surface area contributed by atoms with Crippen LogP contribution in [0.25, 0.3) is 0 Å². The van der Waals surface area contributed by atoms with Crippen molar-refractivity contribution in [2.24, 2.45) is 4.99 Å². The predicted octanol–water partition coefficient (Wildman–Crippen LogP) is 4.29. The van der Waals surface area contributed by atoms with E-state index in [1.54, 1.807) is 30.5 Å². The topological polar surface area (TPSA) is 58.5 Å². The number of aliphatic imine (C=N–C) groups is 1. The molecule has 2 rings (SSSR count). The highest BCUT2D eigenvalue weighted by molar-refractivity contribution is 14.0. The Morgan fingerprint density at radius 1 is 1.21 bits per heavy atom. The van der Waals surface area contributed by atoms with Gasteiger partial charge in [0.25, 0.3) is 6.43 Å². The van der Waals surface area contributed by atoms with Crippen LogP contribution in [-0.2, 0) is 13.0 Å². The zero-order chi connectivity index (χ0) is 19.5. The molecule has 2 aromatic rings. The highest BCUT2D eigenvalue weighted by Crippen LogP contribution is 2.15. The molecule has 2 N–H and O–H groups in total. The third-order valence-corrected chi connectivity index (χ3v) is 3.76. The number of nitrogens with one attached hydrogen (secondary N) is 2. The van der Waals surface area contributed by atoms with E-state index in [2.05, 4.69) is 20.6 Å². The van der Waals surface area contributed by atoms with E-state index in [0.717, 1.165) is 24.1 Å². The molecule has 0 saturated carbocycles. The lowest BCUT2D eigenvalue weighted by molar-refractivity contribution is 0.0818. The first-order valence-corrected chi connectivity index (χ1v) is 9.07. The minimum Gasteiger partial charge on any atom is -0.488 e. The summed E-state index contributed by atoms with van der Waals surface area (Å²) < 4.78 is 29.5. The Labute approximate surface area is 186 Å². The van der Waals surface area contributed by atoms with Crippen molar-refractivity contribution in [3.63, 3.8) is 0 Å². The van der Waals surface area contributed by atoms with Gasteiger partial charge < -0.3 is 15.4 Å². The normalized spacial score (nSPS) is 11.1. The number of alkyl halides is 2. The van der Waals surface area contributed by atoms with Crippen molar-refractivity contribution >= 4 is 41.5 Å². The van der Waals surface area contributed by atoms with E-state index in [0.29, 0.717) is 30.0 Å². The SMILES string of the molecule is CCNC(=NCc1cccc(OCC(F)F)c1)NCCc1ccc(Cl)nc1.I. The molecule has 9 heteroatoms. The summed E-state index contributed by atoms with van der Waals surface area (Å²) in [6.45, 7) is 3.19. The molecule has 0 aliphatic carbocycles. The van der Waals surface area contributed by atoms with Crippen molar-refractivity contribution in [2.75, 3.05) is 19.7 Å². The van der Waals surface area contributed by atoms with Crippen molar-refractivity contribution in [1.29, 1.82) is 0 Å². The summed E-state index contributed by atoms with van der Waals surface area (Å²) in [5.74, 6) is 1.09. The lowest BCUT2D eigenvalue weighted by Crippen LogP contribution is -2.38. The van der Waals surface area contributed by atoms with Crippen molar-refractivity contribution < 1.29 is 13.5 Å². The Balaban J connectivity index is 0.00000392. The molecule has 154 valence electrons. The number of aromatic nitrogens is 1. The maximum atomic E-state index is 12.2. The van der Waals surface area contributed by atoms with Crippen LogP contribution in [0, 0.1) is 0 Å². The van der Waals surface area contributed by atoms with Gasteiger partial charge in [-0.2, -0.15) is 0 Å². The summed E-state index contributed by atoms with van der Waals surface area (Å²) in [5, 5.41) is 6.90. The number of pyridine rings is 1. The molecule has 28 heavy (non-hydrogen) atoms. The fraction of sp³-hybridized carbons (Fsp3) is 0.368. The number of ether oxygens (including phenoxy) is 1. The molecule has 1 aromatic carbocycles. The third-order valence-electron chi connectivity index (χ3n) is 3.53. The monoisotopic (exact) mass is 524 g/mol. The Kier molecular flexibility index (Phi) is 11.7. The van der Waals surface area contributed by atoms with Gasteiger partial charge in [0.15, 0.2) is 5.96 Å². The molecule has 0 bridgehead atoms. The van der Waals surface area contributed by atoms with Crippen LogP contribution in [0.1, 0.15) is 18.1 Å². The van der Waals surface area contributed by atoms with Crippen molar-refractivity contribution in [2.45, 2.75) is 26.3 Å². The Morgan fingerprint density at radius 3 is 2.71 bits per heavy atom. The molecule has 0 aliphatic rings. The zero-order valence-electron chi connectivity index (χ0n) is 15.5. The standard InChI is InChI=1S/C19H23ClF2N4O.HI/c1-2-23-19(24-9-8-14-6-7-17(20)25-11-14)26-12-15-4-3-5-16(10-15)27-13-18(21)22;/h3-7,10-11,18H,2,8-9,12-13H2,1H3,(H2,23,24,26);1H. The molecule has 0 spiro atoms. The van der Waals surface area contributed by atoms with Gasteiger partial charge in [-0.25, -0.2) is 18.8 Å². The molecule has 0 fully saturated rings. The third kappa shape index (κ3) is 9.50. The quantitative estimate of drug-likeness (QED) is 0.222. The lowest BCUT2D eigenvalue weighted by Gasteiger charge is -2.12. The van der Waals surface area contributed by atoms with Crippen molar-refractivity contribution in [3.05, 3.63) is 58.9 Å². The van der Waals surface area contributed by atoms with Gasteiger partial charge >= 0.3 is 0 Å². The first-order chi connectivity index (χ1) is 13.1. The van der Waals surface area contributed by atoms with Crippen LogP contribution in [0.4, 0.5) is 8.78 Å². The average Bonchev–Trinajstić information content (AvgIpc) is 2.66. The zero-order valence-corrected chi connectivity index (χ0v) is 18.6. The van der Waals surface area contributed by atoms with E-state index in [4.69, 9.17) is 16.3 Å². The van der Waals surface area contributed by atoms with Crippen LogP contribution in [0.15, 0.2) is 47.6 Å². The maximum absolute atomic E-state index is 12.2. The number of hydrogen-bond donors (Lipinski definition) is 2. The van der Waals surface area contributed by atoms with Crippen LogP contribution >= 0.6 is 35.6 Å². The van der Waals surface area contributed by atoms with E-state index in [1.807, 2.05) is 19.1 Å². The molecule has 5 nitrogen and oxygen atoms in total. The van der Waals surface area contributed by atoms with Gasteiger partial charge in [0.05, 0.1) is 6.54 Å². The van der Waals surface area contributed by atoms with E-state index < -0.39 is 13.0 Å². The number of benzene rings is 1. The highest BCUT2D eigenvalue weighted by Gasteiger charge is 2.04. The van der Waals surface area contributed by atoms with E-state index in [9.17, 15) is 8.78 Å².